The van der Waals surface area contributed by atoms with Crippen molar-refractivity contribution in [1.82, 2.24) is 15.2 Å². The summed E-state index contributed by atoms with van der Waals surface area (Å²) in [5.74, 6) is 5.74. The van der Waals surface area contributed by atoms with Gasteiger partial charge in [0.25, 0.3) is 0 Å². The molecule has 5 heteroatoms. The zero-order chi connectivity index (χ0) is 8.32. The molecule has 0 aliphatic rings. The van der Waals surface area contributed by atoms with Gasteiger partial charge >= 0.3 is 0 Å². The number of nitrogens with two attached hydrogens (primary N) is 1. The molecule has 0 atom stereocenters. The Morgan fingerprint density at radius 3 is 2.91 bits per heavy atom. The van der Waals surface area contributed by atoms with Gasteiger partial charge in [0, 0.05) is 5.41 Å². The van der Waals surface area contributed by atoms with E-state index in [0.29, 0.717) is 6.61 Å². The third-order valence-electron chi connectivity index (χ3n) is 1.50. The molecule has 1 rings (SSSR count). The highest BCUT2D eigenvalue weighted by molar-refractivity contribution is 5.00. The molecule has 0 aliphatic carbocycles. The minimum atomic E-state index is -0.203. The van der Waals surface area contributed by atoms with Crippen LogP contribution in [0.2, 0.25) is 0 Å². The molecule has 0 aromatic carbocycles. The Kier molecular flexibility index (Phi) is 2.21. The van der Waals surface area contributed by atoms with Gasteiger partial charge in [-0.2, -0.15) is 5.10 Å². The Morgan fingerprint density at radius 2 is 2.45 bits per heavy atom. The van der Waals surface area contributed by atoms with Crippen molar-refractivity contribution in [3.05, 3.63) is 12.2 Å². The standard InChI is InChI=1S/C6H12N4O/c1-6(2,3-11-7)5-8-4-9-10-5/h4H,3,7H2,1-2H3,(H,8,9,10). The summed E-state index contributed by atoms with van der Waals surface area (Å²) < 4.78 is 0. The van der Waals surface area contributed by atoms with Gasteiger partial charge < -0.3 is 4.84 Å². The van der Waals surface area contributed by atoms with Crippen molar-refractivity contribution in [1.29, 1.82) is 0 Å². The summed E-state index contributed by atoms with van der Waals surface area (Å²) >= 11 is 0. The third-order valence-corrected chi connectivity index (χ3v) is 1.50. The zero-order valence-corrected chi connectivity index (χ0v) is 6.66. The lowest BCUT2D eigenvalue weighted by atomic mass is 9.94. The first kappa shape index (κ1) is 8.16. The molecule has 0 radical (unpaired) electrons. The van der Waals surface area contributed by atoms with E-state index in [2.05, 4.69) is 20.0 Å². The molecule has 0 amide bonds. The summed E-state index contributed by atoms with van der Waals surface area (Å²) in [7, 11) is 0. The Balaban J connectivity index is 2.73. The number of aromatic amines is 1. The fraction of sp³-hybridized carbons (Fsp3) is 0.667. The molecule has 5 nitrogen and oxygen atoms in total. The Hall–Kier alpha value is -0.940. The van der Waals surface area contributed by atoms with Crippen molar-refractivity contribution in [2.24, 2.45) is 5.90 Å². The van der Waals surface area contributed by atoms with Crippen LogP contribution in [-0.4, -0.2) is 21.8 Å². The van der Waals surface area contributed by atoms with Gasteiger partial charge in [-0.25, -0.2) is 10.9 Å². The van der Waals surface area contributed by atoms with Crippen LogP contribution >= 0.6 is 0 Å². The van der Waals surface area contributed by atoms with E-state index in [9.17, 15) is 0 Å². The van der Waals surface area contributed by atoms with Crippen molar-refractivity contribution in [2.75, 3.05) is 6.61 Å². The van der Waals surface area contributed by atoms with Crippen LogP contribution in [0.5, 0.6) is 0 Å². The number of rotatable bonds is 3. The molecule has 62 valence electrons. The Bertz CT molecular complexity index is 206. The van der Waals surface area contributed by atoms with Gasteiger partial charge in [-0.1, -0.05) is 13.8 Å². The normalized spacial score (nSPS) is 11.9. The molecular formula is C6H12N4O. The van der Waals surface area contributed by atoms with Gasteiger partial charge in [-0.15, -0.1) is 0 Å². The van der Waals surface area contributed by atoms with Gasteiger partial charge in [-0.05, 0) is 0 Å². The molecule has 1 aromatic heterocycles. The van der Waals surface area contributed by atoms with E-state index in [0.717, 1.165) is 5.82 Å². The van der Waals surface area contributed by atoms with E-state index in [1.165, 1.54) is 6.33 Å². The van der Waals surface area contributed by atoms with Gasteiger partial charge in [0.1, 0.15) is 12.2 Å². The predicted molar refractivity (Wildman–Crippen MR) is 39.5 cm³/mol. The van der Waals surface area contributed by atoms with Crippen LogP contribution in [0.25, 0.3) is 0 Å². The van der Waals surface area contributed by atoms with E-state index < -0.39 is 0 Å². The van der Waals surface area contributed by atoms with Crippen molar-refractivity contribution >= 4 is 0 Å². The molecule has 0 spiro atoms. The van der Waals surface area contributed by atoms with Crippen molar-refractivity contribution in [3.63, 3.8) is 0 Å². The SMILES string of the molecule is CC(C)(CON)c1ncn[nH]1. The van der Waals surface area contributed by atoms with Crippen LogP contribution in [0, 0.1) is 0 Å². The van der Waals surface area contributed by atoms with Crippen LogP contribution in [0.1, 0.15) is 19.7 Å². The average molecular weight is 156 g/mol. The molecule has 11 heavy (non-hydrogen) atoms. The Morgan fingerprint density at radius 1 is 1.73 bits per heavy atom. The second-order valence-electron chi connectivity index (χ2n) is 3.03. The molecule has 0 unspecified atom stereocenters. The van der Waals surface area contributed by atoms with Gasteiger partial charge in [0.15, 0.2) is 0 Å². The number of nitrogens with zero attached hydrogens (tertiary/aromatic N) is 2. The van der Waals surface area contributed by atoms with E-state index in [1.54, 1.807) is 0 Å². The van der Waals surface area contributed by atoms with Crippen LogP contribution in [0.15, 0.2) is 6.33 Å². The fourth-order valence-electron chi connectivity index (χ4n) is 0.808. The van der Waals surface area contributed by atoms with Crippen LogP contribution in [0.3, 0.4) is 0 Å². The molecule has 0 fully saturated rings. The van der Waals surface area contributed by atoms with E-state index in [1.807, 2.05) is 13.8 Å². The topological polar surface area (TPSA) is 76.8 Å². The number of aromatic nitrogens is 3. The Labute approximate surface area is 64.9 Å². The highest BCUT2D eigenvalue weighted by atomic mass is 16.6. The quantitative estimate of drug-likeness (QED) is 0.602. The molecule has 0 aliphatic heterocycles. The number of nitrogens with one attached hydrogen (secondary N) is 1. The molecule has 1 heterocycles. The first-order valence-corrected chi connectivity index (χ1v) is 3.34. The molecule has 0 bridgehead atoms. The van der Waals surface area contributed by atoms with Crippen molar-refractivity contribution < 1.29 is 4.84 Å². The first-order valence-electron chi connectivity index (χ1n) is 3.34. The molecule has 1 aromatic rings. The number of hydrogen-bond acceptors (Lipinski definition) is 4. The fourth-order valence-corrected chi connectivity index (χ4v) is 0.808. The summed E-state index contributed by atoms with van der Waals surface area (Å²) in [5.41, 5.74) is -0.203. The highest BCUT2D eigenvalue weighted by Gasteiger charge is 2.23. The first-order chi connectivity index (χ1) is 5.17. The maximum atomic E-state index is 4.96. The van der Waals surface area contributed by atoms with E-state index in [4.69, 9.17) is 5.90 Å². The summed E-state index contributed by atoms with van der Waals surface area (Å²) in [6.45, 7) is 4.36. The average Bonchev–Trinajstić information content (AvgIpc) is 2.37. The lowest BCUT2D eigenvalue weighted by Crippen LogP contribution is -2.27. The minimum absolute atomic E-state index is 0.203. The lowest BCUT2D eigenvalue weighted by Gasteiger charge is -2.18. The van der Waals surface area contributed by atoms with Crippen molar-refractivity contribution in [2.45, 2.75) is 19.3 Å². The number of H-pyrrole nitrogens is 1. The maximum Gasteiger partial charge on any atom is 0.137 e. The second-order valence-corrected chi connectivity index (χ2v) is 3.03. The highest BCUT2D eigenvalue weighted by Crippen LogP contribution is 2.17. The smallest absolute Gasteiger partial charge is 0.137 e. The monoisotopic (exact) mass is 156 g/mol. The minimum Gasteiger partial charge on any atom is -0.304 e. The van der Waals surface area contributed by atoms with Crippen LogP contribution in [0.4, 0.5) is 0 Å². The van der Waals surface area contributed by atoms with E-state index in [-0.39, 0.29) is 5.41 Å². The summed E-state index contributed by atoms with van der Waals surface area (Å²) in [5, 5.41) is 6.50. The second kappa shape index (κ2) is 2.98. The lowest BCUT2D eigenvalue weighted by molar-refractivity contribution is 0.0934. The predicted octanol–water partition coefficient (Wildman–Crippen LogP) is -0.0274. The molecule has 3 N–H and O–H groups in total. The largest absolute Gasteiger partial charge is 0.304 e. The van der Waals surface area contributed by atoms with Crippen LogP contribution < -0.4 is 5.90 Å². The van der Waals surface area contributed by atoms with Gasteiger partial charge in [0.2, 0.25) is 0 Å². The zero-order valence-electron chi connectivity index (χ0n) is 6.66. The molecule has 0 saturated carbocycles. The summed E-state index contributed by atoms with van der Waals surface area (Å²) in [6.07, 6.45) is 1.47. The third kappa shape index (κ3) is 1.75. The van der Waals surface area contributed by atoms with Gasteiger partial charge in [-0.3, -0.25) is 5.10 Å². The van der Waals surface area contributed by atoms with Gasteiger partial charge in [0.05, 0.1) is 6.61 Å². The summed E-state index contributed by atoms with van der Waals surface area (Å²) in [6, 6.07) is 0. The number of hydrogen-bond donors (Lipinski definition) is 2. The van der Waals surface area contributed by atoms with Crippen molar-refractivity contribution in [3.8, 4) is 0 Å². The van der Waals surface area contributed by atoms with E-state index >= 15 is 0 Å². The van der Waals surface area contributed by atoms with Crippen LogP contribution in [-0.2, 0) is 10.3 Å². The summed E-state index contributed by atoms with van der Waals surface area (Å²) in [4.78, 5) is 8.55. The maximum absolute atomic E-state index is 4.96. The molecular weight excluding hydrogens is 144 g/mol. The molecule has 0 saturated heterocycles.